The lowest BCUT2D eigenvalue weighted by atomic mass is 10.0. The minimum absolute atomic E-state index is 0.0215. The third-order valence-electron chi connectivity index (χ3n) is 10.7. The number of aromatic amines is 2. The summed E-state index contributed by atoms with van der Waals surface area (Å²) in [5.41, 5.74) is 11.7. The Hall–Kier alpha value is -5.16. The SMILES string of the molecule is COc1cc(C(=O)N2C[C@H]3CC[C@@H]2[C@@H]3N)cc2nc(-c3cc4ccc(-c5cccc6[nH]c(=O)[nH]c(=O)c56)cc4n3CC3CC3)n(C)c12. The van der Waals surface area contributed by atoms with Crippen LogP contribution in [0, 0.1) is 11.8 Å². The van der Waals surface area contributed by atoms with Crippen LogP contribution in [-0.2, 0) is 13.6 Å². The predicted octanol–water partition coefficient (Wildman–Crippen LogP) is 4.37. The Bertz CT molecular complexity index is 2390. The molecular formula is C36H35N7O4. The van der Waals surface area contributed by atoms with E-state index in [4.69, 9.17) is 15.5 Å². The summed E-state index contributed by atoms with van der Waals surface area (Å²) in [6, 6.07) is 17.7. The van der Waals surface area contributed by atoms with Crippen molar-refractivity contribution < 1.29 is 9.53 Å². The van der Waals surface area contributed by atoms with Crippen LogP contribution < -0.4 is 21.7 Å². The Morgan fingerprint density at radius 1 is 1.04 bits per heavy atom. The zero-order chi connectivity index (χ0) is 32.1. The monoisotopic (exact) mass is 629 g/mol. The largest absolute Gasteiger partial charge is 0.494 e. The first-order chi connectivity index (χ1) is 22.8. The lowest BCUT2D eigenvalue weighted by Crippen LogP contribution is -2.41. The molecular weight excluding hydrogens is 594 g/mol. The lowest BCUT2D eigenvalue weighted by molar-refractivity contribution is 0.0700. The van der Waals surface area contributed by atoms with Gasteiger partial charge in [-0.3, -0.25) is 14.6 Å². The van der Waals surface area contributed by atoms with Gasteiger partial charge in [-0.2, -0.15) is 0 Å². The van der Waals surface area contributed by atoms with Crippen LogP contribution in [-0.4, -0.2) is 60.6 Å². The highest BCUT2D eigenvalue weighted by Gasteiger charge is 2.47. The van der Waals surface area contributed by atoms with E-state index in [0.717, 1.165) is 58.5 Å². The topological polar surface area (TPSA) is 144 Å². The fraction of sp³-hybridized carbons (Fsp3) is 0.333. The quantitative estimate of drug-likeness (QED) is 0.250. The van der Waals surface area contributed by atoms with Crippen LogP contribution in [0.4, 0.5) is 0 Å². The van der Waals surface area contributed by atoms with Crippen molar-refractivity contribution in [3.8, 4) is 28.4 Å². The summed E-state index contributed by atoms with van der Waals surface area (Å²) in [5, 5.41) is 1.51. The number of benzene rings is 3. The van der Waals surface area contributed by atoms with Crippen LogP contribution in [0.25, 0.3) is 55.5 Å². The number of nitrogens with two attached hydrogens (primary N) is 1. The molecule has 1 aliphatic heterocycles. The highest BCUT2D eigenvalue weighted by atomic mass is 16.5. The molecule has 3 fully saturated rings. The van der Waals surface area contributed by atoms with Gasteiger partial charge in [0.05, 0.1) is 29.2 Å². The first-order valence-corrected chi connectivity index (χ1v) is 16.3. The molecule has 1 amide bonds. The molecule has 11 nitrogen and oxygen atoms in total. The molecule has 0 spiro atoms. The van der Waals surface area contributed by atoms with Gasteiger partial charge in [-0.1, -0.05) is 24.3 Å². The molecule has 2 aliphatic carbocycles. The smallest absolute Gasteiger partial charge is 0.326 e. The molecule has 9 rings (SSSR count). The second-order valence-corrected chi connectivity index (χ2v) is 13.5. The van der Waals surface area contributed by atoms with Crippen molar-refractivity contribution in [3.05, 3.63) is 81.0 Å². The Kier molecular flexibility index (Phi) is 6.08. The molecule has 0 unspecified atom stereocenters. The van der Waals surface area contributed by atoms with Crippen molar-refractivity contribution in [1.29, 1.82) is 0 Å². The van der Waals surface area contributed by atoms with Gasteiger partial charge in [-0.25, -0.2) is 9.78 Å². The van der Waals surface area contributed by atoms with E-state index in [1.165, 1.54) is 12.8 Å². The van der Waals surface area contributed by atoms with E-state index in [9.17, 15) is 14.4 Å². The number of likely N-dealkylation sites (tertiary alicyclic amines) is 1. The number of aryl methyl sites for hydroxylation is 1. The first-order valence-electron chi connectivity index (χ1n) is 16.3. The van der Waals surface area contributed by atoms with Crippen molar-refractivity contribution in [1.82, 2.24) is 29.0 Å². The molecule has 4 heterocycles. The average Bonchev–Trinajstić information content (AvgIpc) is 3.47. The number of nitrogens with one attached hydrogen (secondary N) is 2. The number of H-pyrrole nitrogens is 2. The molecule has 6 aromatic rings. The Morgan fingerprint density at radius 3 is 2.64 bits per heavy atom. The zero-order valence-corrected chi connectivity index (χ0v) is 26.2. The number of piperidine rings is 1. The fourth-order valence-corrected chi connectivity index (χ4v) is 8.09. The summed E-state index contributed by atoms with van der Waals surface area (Å²) >= 11 is 0. The number of fused-ring (bicyclic) bond motifs is 5. The average molecular weight is 630 g/mol. The van der Waals surface area contributed by atoms with Gasteiger partial charge in [0.1, 0.15) is 11.3 Å². The fourth-order valence-electron chi connectivity index (χ4n) is 8.09. The Morgan fingerprint density at radius 2 is 1.89 bits per heavy atom. The van der Waals surface area contributed by atoms with Crippen LogP contribution in [0.15, 0.2) is 64.2 Å². The molecule has 11 heteroatoms. The number of carbonyl (C=O) groups excluding carboxylic acids is 1. The van der Waals surface area contributed by atoms with Crippen LogP contribution in [0.1, 0.15) is 36.0 Å². The van der Waals surface area contributed by atoms with Crippen molar-refractivity contribution in [2.75, 3.05) is 13.7 Å². The van der Waals surface area contributed by atoms with Gasteiger partial charge in [0.15, 0.2) is 5.82 Å². The highest BCUT2D eigenvalue weighted by Crippen LogP contribution is 2.41. The van der Waals surface area contributed by atoms with E-state index in [0.29, 0.717) is 46.1 Å². The van der Waals surface area contributed by atoms with Gasteiger partial charge in [-0.05, 0) is 79.0 Å². The van der Waals surface area contributed by atoms with Gasteiger partial charge in [0.2, 0.25) is 0 Å². The van der Waals surface area contributed by atoms with E-state index in [-0.39, 0.29) is 18.0 Å². The molecule has 238 valence electrons. The predicted molar refractivity (Wildman–Crippen MR) is 181 cm³/mol. The molecule has 2 bridgehead atoms. The molecule has 3 aliphatic rings. The van der Waals surface area contributed by atoms with E-state index in [1.54, 1.807) is 13.2 Å². The maximum absolute atomic E-state index is 13.8. The summed E-state index contributed by atoms with van der Waals surface area (Å²) in [4.78, 5) is 50.8. The second-order valence-electron chi connectivity index (χ2n) is 13.5. The number of aromatic nitrogens is 5. The van der Waals surface area contributed by atoms with Gasteiger partial charge in [0.25, 0.3) is 11.5 Å². The van der Waals surface area contributed by atoms with Gasteiger partial charge >= 0.3 is 5.69 Å². The van der Waals surface area contributed by atoms with E-state index >= 15 is 0 Å². The second kappa shape index (κ2) is 10.2. The first kappa shape index (κ1) is 28.1. The standard InChI is InChI=1S/C36H35N7O4/c1-41-32-25(12-22(15-29(32)47-2)35(45)43-17-21-10-11-26(43)31(21)37)38-33(41)28-14-20-9-8-19(13-27(20)42(28)16-18-6-7-18)23-4-3-5-24-30(23)34(44)40-36(46)39-24/h3-5,8-9,12-15,18,21,26,31H,6-7,10-11,16-17,37H2,1-2H3,(H2,39,40,44,46)/t21-,26-,31-/m1/s1. The number of ether oxygens (including phenoxy) is 1. The number of methoxy groups -OCH3 is 1. The summed E-state index contributed by atoms with van der Waals surface area (Å²) in [6.07, 6.45) is 4.39. The summed E-state index contributed by atoms with van der Waals surface area (Å²) in [7, 11) is 3.61. The van der Waals surface area contributed by atoms with Crippen molar-refractivity contribution in [2.24, 2.45) is 24.6 Å². The van der Waals surface area contributed by atoms with Crippen molar-refractivity contribution in [3.63, 3.8) is 0 Å². The number of amides is 1. The van der Waals surface area contributed by atoms with Gasteiger partial charge in [0, 0.05) is 48.7 Å². The number of carbonyl (C=O) groups is 1. The molecule has 1 saturated heterocycles. The Balaban J connectivity index is 1.18. The normalized spacial score (nSPS) is 20.7. The van der Waals surface area contributed by atoms with E-state index in [1.807, 2.05) is 42.3 Å². The molecule has 0 radical (unpaired) electrons. The van der Waals surface area contributed by atoms with Crippen LogP contribution in [0.2, 0.25) is 0 Å². The van der Waals surface area contributed by atoms with Crippen molar-refractivity contribution >= 4 is 38.7 Å². The highest BCUT2D eigenvalue weighted by molar-refractivity contribution is 6.01. The summed E-state index contributed by atoms with van der Waals surface area (Å²) in [5.74, 6) is 2.31. The number of hydrogen-bond acceptors (Lipinski definition) is 6. The molecule has 4 N–H and O–H groups in total. The molecule has 3 aromatic heterocycles. The van der Waals surface area contributed by atoms with Crippen LogP contribution >= 0.6 is 0 Å². The van der Waals surface area contributed by atoms with Crippen LogP contribution in [0.5, 0.6) is 5.75 Å². The van der Waals surface area contributed by atoms with Crippen LogP contribution in [0.3, 0.4) is 0 Å². The van der Waals surface area contributed by atoms with Gasteiger partial charge < -0.3 is 29.5 Å². The van der Waals surface area contributed by atoms with Crippen molar-refractivity contribution in [2.45, 2.75) is 44.3 Å². The number of imidazole rings is 1. The van der Waals surface area contributed by atoms with E-state index in [2.05, 4.69) is 37.3 Å². The minimum Gasteiger partial charge on any atom is -0.494 e. The molecule has 3 atom stereocenters. The maximum Gasteiger partial charge on any atom is 0.326 e. The summed E-state index contributed by atoms with van der Waals surface area (Å²) in [6.45, 7) is 1.54. The molecule has 47 heavy (non-hydrogen) atoms. The third kappa shape index (κ3) is 4.29. The third-order valence-corrected chi connectivity index (χ3v) is 10.7. The molecule has 3 aromatic carbocycles. The number of rotatable bonds is 6. The number of nitrogens with zero attached hydrogens (tertiary/aromatic N) is 4. The lowest BCUT2D eigenvalue weighted by Gasteiger charge is -2.27. The molecule has 2 saturated carbocycles. The zero-order valence-electron chi connectivity index (χ0n) is 26.2. The minimum atomic E-state index is -0.527. The number of hydrogen-bond donors (Lipinski definition) is 3. The Labute approximate surface area is 269 Å². The van der Waals surface area contributed by atoms with E-state index < -0.39 is 11.2 Å². The maximum atomic E-state index is 13.8. The summed E-state index contributed by atoms with van der Waals surface area (Å²) < 4.78 is 10.2. The van der Waals surface area contributed by atoms with Gasteiger partial charge in [-0.15, -0.1) is 0 Å².